The average Bonchev–Trinajstić information content (AvgIpc) is 0.812. The van der Waals surface area contributed by atoms with Gasteiger partial charge in [0.1, 0.15) is 66.5 Å². The van der Waals surface area contributed by atoms with E-state index in [1.54, 1.807) is 60.6 Å². The average molecular weight is 1360 g/mol. The standard InChI is InChI=1S/C70H126N12O14/c1-25-27-31-46(13)58(83)57-62(87)73-49(26-2)64(89)79(22)54(40-96-35-34-82-32-29-28-30-33-82)67(92)78(21)53(39-70(16,17)95)61(86)74-55(44(9)10)68(93)75(18)50(36-41(3)4)60(85)71-47(14)59(84)72-48(15)63(88)76(19)51(37-42(5)6)65(90)77(20)52(38-43(7)8)66(91)80(23)56(45(11)12)69(94)81(57)24/h25,27,41-58,83,95H,26,28-40H2,1-24H3,(H,71,85)(H,72,84)(H,73,87)(H,74,86)/t46-,47+,48-,49+,50+,51+,52+,53+,54-,55+,56+,57+,58-/m1/s1. The number of likely N-dealkylation sites (tertiary alicyclic amines) is 1. The number of piperidine rings is 1. The first-order chi connectivity index (χ1) is 44.5. The number of allylic oxidation sites excluding steroid dienone is 2. The summed E-state index contributed by atoms with van der Waals surface area (Å²) in [6.07, 6.45) is 5.39. The summed E-state index contributed by atoms with van der Waals surface area (Å²) >= 11 is 0. The fourth-order valence-corrected chi connectivity index (χ4v) is 12.5. The van der Waals surface area contributed by atoms with Crippen LogP contribution in [0.1, 0.15) is 175 Å². The molecule has 2 aliphatic heterocycles. The van der Waals surface area contributed by atoms with E-state index in [9.17, 15) is 34.2 Å². The molecule has 2 rings (SSSR count). The highest BCUT2D eigenvalue weighted by atomic mass is 16.5. The summed E-state index contributed by atoms with van der Waals surface area (Å²) in [4.78, 5) is 175. The smallest absolute Gasteiger partial charge is 0.248 e. The lowest BCUT2D eigenvalue weighted by molar-refractivity contribution is -0.157. The second-order valence-corrected chi connectivity index (χ2v) is 29.7. The van der Waals surface area contributed by atoms with Gasteiger partial charge in [-0.3, -0.25) is 52.7 Å². The third-order valence-corrected chi connectivity index (χ3v) is 18.7. The number of carbonyl (C=O) groups is 11. The first-order valence-corrected chi connectivity index (χ1v) is 34.9. The Labute approximate surface area is 574 Å². The Kier molecular flexibility index (Phi) is 35.2. The zero-order chi connectivity index (χ0) is 73.7. The SMILES string of the molecule is CC=CC[C@@H](C)[C@@H](O)[C@H]1C(=O)N[C@@H](CC)C(=O)N(C)[C@H](COCCN2CCCCC2)C(=O)N(C)[C@@H](CC(C)(C)O)C(=O)N[C@@H](C(C)C)C(=O)N(C)[C@@H](CC(C)C)C(=O)N[C@@H](C)C(=O)N[C@H](C)C(=O)N(C)[C@@H](CC(C)C)C(=O)N(C)[C@@H](CC(C)C)C(=O)N(C)[C@@H](C(C)C)C(=O)N1C. The van der Waals surface area contributed by atoms with Crippen LogP contribution >= 0.6 is 0 Å². The van der Waals surface area contributed by atoms with Gasteiger partial charge in [-0.2, -0.15) is 0 Å². The molecule has 2 heterocycles. The van der Waals surface area contributed by atoms with Crippen LogP contribution in [0.25, 0.3) is 0 Å². The van der Waals surface area contributed by atoms with E-state index in [0.717, 1.165) is 47.1 Å². The molecule has 0 radical (unpaired) electrons. The third-order valence-electron chi connectivity index (χ3n) is 18.7. The van der Waals surface area contributed by atoms with Crippen LogP contribution in [0.5, 0.6) is 0 Å². The number of hydrogen-bond donors (Lipinski definition) is 6. The van der Waals surface area contributed by atoms with Crippen molar-refractivity contribution >= 4 is 65.0 Å². The molecule has 0 aromatic heterocycles. The van der Waals surface area contributed by atoms with Crippen LogP contribution in [0.3, 0.4) is 0 Å². The van der Waals surface area contributed by atoms with Gasteiger partial charge in [-0.15, -0.1) is 0 Å². The third kappa shape index (κ3) is 24.6. The van der Waals surface area contributed by atoms with Gasteiger partial charge in [-0.25, -0.2) is 0 Å². The Bertz CT molecular complexity index is 2620. The maximum absolute atomic E-state index is 15.4. The van der Waals surface area contributed by atoms with Gasteiger partial charge in [0.05, 0.1) is 24.9 Å². The van der Waals surface area contributed by atoms with Crippen LogP contribution in [-0.2, 0) is 57.5 Å². The highest BCUT2D eigenvalue weighted by Gasteiger charge is 2.47. The Morgan fingerprint density at radius 1 is 0.510 bits per heavy atom. The molecular weight excluding hydrogens is 1230 g/mol. The molecular formula is C70H126N12O14. The first kappa shape index (κ1) is 85.8. The lowest BCUT2D eigenvalue weighted by atomic mass is 9.91. The van der Waals surface area contributed by atoms with Gasteiger partial charge in [0, 0.05) is 62.3 Å². The van der Waals surface area contributed by atoms with Crippen molar-refractivity contribution in [1.29, 1.82) is 0 Å². The van der Waals surface area contributed by atoms with Crippen molar-refractivity contribution in [3.05, 3.63) is 12.2 Å². The molecule has 2 saturated heterocycles. The number of nitrogens with zero attached hydrogens (tertiary/aromatic N) is 8. The molecule has 26 nitrogen and oxygen atoms in total. The Morgan fingerprint density at radius 3 is 1.45 bits per heavy atom. The number of hydrogen-bond acceptors (Lipinski definition) is 15. The molecule has 0 saturated carbocycles. The number of aliphatic hydroxyl groups excluding tert-OH is 1. The van der Waals surface area contributed by atoms with Gasteiger partial charge in [0.15, 0.2) is 0 Å². The molecule has 6 N–H and O–H groups in total. The van der Waals surface area contributed by atoms with E-state index in [2.05, 4.69) is 26.2 Å². The molecule has 0 bridgehead atoms. The molecule has 0 aromatic rings. The van der Waals surface area contributed by atoms with Gasteiger partial charge in [-0.05, 0) is 128 Å². The summed E-state index contributed by atoms with van der Waals surface area (Å²) in [7, 11) is 9.78. The van der Waals surface area contributed by atoms with Gasteiger partial charge < -0.3 is 75.4 Å². The van der Waals surface area contributed by atoms with Crippen LogP contribution in [0, 0.1) is 35.5 Å². The van der Waals surface area contributed by atoms with E-state index in [1.165, 1.54) is 96.6 Å². The molecule has 96 heavy (non-hydrogen) atoms. The van der Waals surface area contributed by atoms with Crippen LogP contribution in [-0.4, -0.2) is 275 Å². The minimum atomic E-state index is -1.68. The fourth-order valence-electron chi connectivity index (χ4n) is 12.5. The number of aliphatic hydroxyl groups is 2. The molecule has 550 valence electrons. The van der Waals surface area contributed by atoms with Crippen molar-refractivity contribution in [1.82, 2.24) is 60.5 Å². The maximum atomic E-state index is 15.4. The van der Waals surface area contributed by atoms with Crippen molar-refractivity contribution in [2.75, 3.05) is 82.2 Å². The number of nitrogens with one attached hydrogen (secondary N) is 4. The van der Waals surface area contributed by atoms with Crippen LogP contribution in [0.15, 0.2) is 12.2 Å². The van der Waals surface area contributed by atoms with Gasteiger partial charge in [-0.1, -0.05) is 102 Å². The Hall–Kier alpha value is -6.25. The maximum Gasteiger partial charge on any atom is 0.248 e. The van der Waals surface area contributed by atoms with Crippen LogP contribution in [0.4, 0.5) is 0 Å². The molecule has 0 aromatic carbocycles. The van der Waals surface area contributed by atoms with Crippen LogP contribution < -0.4 is 21.3 Å². The van der Waals surface area contributed by atoms with E-state index < -0.39 is 161 Å². The molecule has 26 heteroatoms. The van der Waals surface area contributed by atoms with Crippen molar-refractivity contribution in [2.45, 2.75) is 254 Å². The van der Waals surface area contributed by atoms with E-state index >= 15 is 28.8 Å². The van der Waals surface area contributed by atoms with Crippen molar-refractivity contribution in [2.24, 2.45) is 35.5 Å². The monoisotopic (exact) mass is 1360 g/mol. The van der Waals surface area contributed by atoms with Gasteiger partial charge in [0.25, 0.3) is 0 Å². The number of likely N-dealkylation sites (N-methyl/N-ethyl adjacent to an activating group) is 7. The summed E-state index contributed by atoms with van der Waals surface area (Å²) < 4.78 is 6.24. The number of rotatable bonds is 20. The first-order valence-electron chi connectivity index (χ1n) is 34.9. The fraction of sp³-hybridized carbons (Fsp3) is 0.814. The topological polar surface area (TPSA) is 312 Å². The lowest BCUT2D eigenvalue weighted by Gasteiger charge is -2.41. The van der Waals surface area contributed by atoms with E-state index in [-0.39, 0.29) is 69.5 Å². The van der Waals surface area contributed by atoms with E-state index in [0.29, 0.717) is 6.54 Å². The molecule has 0 spiro atoms. The summed E-state index contributed by atoms with van der Waals surface area (Å²) in [6, 6.07) is -14.7. The second kappa shape index (κ2) is 39.4. The zero-order valence-electron chi connectivity index (χ0n) is 62.8. The zero-order valence-corrected chi connectivity index (χ0v) is 62.8. The molecule has 0 unspecified atom stereocenters. The molecule has 2 aliphatic rings. The number of ether oxygens (including phenoxy) is 1. The predicted octanol–water partition coefficient (Wildman–Crippen LogP) is 3.25. The molecule has 11 amide bonds. The van der Waals surface area contributed by atoms with Crippen molar-refractivity contribution in [3.63, 3.8) is 0 Å². The summed E-state index contributed by atoms with van der Waals surface area (Å²) in [5.41, 5.74) is -1.61. The quantitative estimate of drug-likeness (QED) is 0.0753. The Morgan fingerprint density at radius 2 is 0.958 bits per heavy atom. The van der Waals surface area contributed by atoms with E-state index in [1.807, 2.05) is 41.5 Å². The van der Waals surface area contributed by atoms with Crippen molar-refractivity contribution < 1.29 is 67.7 Å². The lowest BCUT2D eigenvalue weighted by Crippen LogP contribution is -2.64. The minimum absolute atomic E-state index is 0.0526. The van der Waals surface area contributed by atoms with Gasteiger partial charge in [0.2, 0.25) is 65.0 Å². The van der Waals surface area contributed by atoms with E-state index in [4.69, 9.17) is 4.74 Å². The molecule has 2 fully saturated rings. The highest BCUT2D eigenvalue weighted by molar-refractivity contribution is 6.00. The predicted molar refractivity (Wildman–Crippen MR) is 370 cm³/mol. The highest BCUT2D eigenvalue weighted by Crippen LogP contribution is 2.27. The summed E-state index contributed by atoms with van der Waals surface area (Å²) in [5, 5.41) is 34.8. The normalized spacial score (nSPS) is 27.3. The molecule has 0 aliphatic carbocycles. The number of carbonyl (C=O) groups excluding carboxylic acids is 11. The Balaban J connectivity index is 3.12. The van der Waals surface area contributed by atoms with Crippen molar-refractivity contribution in [3.8, 4) is 0 Å². The van der Waals surface area contributed by atoms with Gasteiger partial charge >= 0.3 is 0 Å². The summed E-state index contributed by atoms with van der Waals surface area (Å²) in [6.45, 7) is 30.9. The minimum Gasteiger partial charge on any atom is -0.390 e. The largest absolute Gasteiger partial charge is 0.390 e. The second-order valence-electron chi connectivity index (χ2n) is 29.7. The number of amides is 11. The molecule has 13 atom stereocenters. The van der Waals surface area contributed by atoms with Crippen LogP contribution in [0.2, 0.25) is 0 Å². The summed E-state index contributed by atoms with van der Waals surface area (Å²) in [5.74, 6) is -10.5.